The molecule has 9 heteroatoms. The minimum absolute atomic E-state index is 0.00368. The molecule has 2 saturated heterocycles. The van der Waals surface area contributed by atoms with Crippen molar-refractivity contribution >= 4 is 35.4 Å². The molecule has 1 unspecified atom stereocenters. The minimum Gasteiger partial charge on any atom is -0.477 e. The fraction of sp³-hybridized carbons (Fsp3) is 0.375. The summed E-state index contributed by atoms with van der Waals surface area (Å²) in [6.07, 6.45) is 2.47. The number of allylic oxidation sites excluding steroid dienone is 1. The van der Waals surface area contributed by atoms with Crippen LogP contribution < -0.4 is 4.90 Å². The van der Waals surface area contributed by atoms with Crippen LogP contribution in [0.3, 0.4) is 0 Å². The number of nitrogens with zero attached hydrogens (tertiary/aromatic N) is 3. The summed E-state index contributed by atoms with van der Waals surface area (Å²) in [5.74, 6) is -0.0118. The first-order valence-corrected chi connectivity index (χ1v) is 8.86. The Morgan fingerprint density at radius 2 is 2.28 bits per heavy atom. The van der Waals surface area contributed by atoms with E-state index in [1.54, 1.807) is 19.1 Å². The number of thioether (sulfide) groups is 1. The zero-order chi connectivity index (χ0) is 17.7. The van der Waals surface area contributed by atoms with Gasteiger partial charge in [-0.15, -0.1) is 11.8 Å². The summed E-state index contributed by atoms with van der Waals surface area (Å²) in [6.45, 7) is 2.21. The number of fused-ring (bicyclic) bond motifs is 1. The van der Waals surface area contributed by atoms with E-state index in [0.717, 1.165) is 0 Å². The number of carboxylic acid groups (broad SMARTS) is 1. The number of carboxylic acids is 1. The molecule has 25 heavy (non-hydrogen) atoms. The van der Waals surface area contributed by atoms with E-state index in [4.69, 9.17) is 4.52 Å². The molecule has 2 fully saturated rings. The number of carbonyl (C=O) groups excluding carboxylic acids is 2. The third kappa shape index (κ3) is 2.55. The highest BCUT2D eigenvalue weighted by atomic mass is 32.2. The zero-order valence-corrected chi connectivity index (χ0v) is 14.2. The van der Waals surface area contributed by atoms with Gasteiger partial charge in [0.25, 0.3) is 5.91 Å². The molecule has 1 aromatic heterocycles. The van der Waals surface area contributed by atoms with Gasteiger partial charge >= 0.3 is 5.97 Å². The van der Waals surface area contributed by atoms with Gasteiger partial charge in [-0.1, -0.05) is 5.16 Å². The van der Waals surface area contributed by atoms with Gasteiger partial charge in [-0.25, -0.2) is 4.79 Å². The molecule has 0 radical (unpaired) electrons. The number of amides is 2. The van der Waals surface area contributed by atoms with Crippen molar-refractivity contribution in [3.63, 3.8) is 0 Å². The van der Waals surface area contributed by atoms with E-state index < -0.39 is 5.97 Å². The predicted molar refractivity (Wildman–Crippen MR) is 88.7 cm³/mol. The van der Waals surface area contributed by atoms with E-state index in [1.807, 2.05) is 0 Å². The first kappa shape index (κ1) is 15.9. The lowest BCUT2D eigenvalue weighted by Gasteiger charge is -2.43. The summed E-state index contributed by atoms with van der Waals surface area (Å²) < 4.78 is 5.01. The molecule has 0 bridgehead atoms. The second-order valence-electron chi connectivity index (χ2n) is 6.08. The van der Waals surface area contributed by atoms with Crippen LogP contribution >= 0.6 is 11.8 Å². The molecule has 1 N–H and O–H groups in total. The van der Waals surface area contributed by atoms with E-state index in [2.05, 4.69) is 5.16 Å². The quantitative estimate of drug-likeness (QED) is 0.639. The van der Waals surface area contributed by atoms with Crippen molar-refractivity contribution < 1.29 is 24.0 Å². The van der Waals surface area contributed by atoms with E-state index in [9.17, 15) is 19.5 Å². The van der Waals surface area contributed by atoms with E-state index >= 15 is 0 Å². The van der Waals surface area contributed by atoms with Crippen molar-refractivity contribution in [2.45, 2.75) is 25.1 Å². The Hall–Kier alpha value is -2.55. The standard InChI is InChI=1S/C16H15N3O5S/c1-8-4-11(17-24-8)18-3-2-9(15(18)21)5-10-7-25-13-6-12(20)19(13)14(10)16(22)23/h4-5,13H,2-3,6-7H2,1H3,(H,22,23)/b9-5+. The van der Waals surface area contributed by atoms with Gasteiger partial charge in [-0.3, -0.25) is 19.4 Å². The topological polar surface area (TPSA) is 104 Å². The fourth-order valence-corrected chi connectivity index (χ4v) is 4.43. The maximum Gasteiger partial charge on any atom is 0.352 e. The van der Waals surface area contributed by atoms with Gasteiger partial charge in [-0.05, 0) is 25.0 Å². The molecule has 0 saturated carbocycles. The normalized spacial score (nSPS) is 24.8. The Morgan fingerprint density at radius 1 is 1.48 bits per heavy atom. The summed E-state index contributed by atoms with van der Waals surface area (Å²) in [4.78, 5) is 38.8. The number of hydrogen-bond acceptors (Lipinski definition) is 6. The van der Waals surface area contributed by atoms with E-state index in [1.165, 1.54) is 21.6 Å². The van der Waals surface area contributed by atoms with Crippen LogP contribution in [0.4, 0.5) is 5.82 Å². The first-order chi connectivity index (χ1) is 12.0. The molecule has 1 atom stereocenters. The lowest BCUT2D eigenvalue weighted by molar-refractivity contribution is -0.146. The van der Waals surface area contributed by atoms with Gasteiger partial charge in [0.2, 0.25) is 5.91 Å². The molecule has 0 spiro atoms. The molecule has 3 aliphatic rings. The molecule has 8 nitrogen and oxygen atoms in total. The van der Waals surface area contributed by atoms with Crippen molar-refractivity contribution in [1.29, 1.82) is 0 Å². The van der Waals surface area contributed by atoms with Crippen LogP contribution in [0.25, 0.3) is 0 Å². The zero-order valence-electron chi connectivity index (χ0n) is 13.4. The molecular formula is C16H15N3O5S. The van der Waals surface area contributed by atoms with E-state index in [0.29, 0.717) is 47.9 Å². The number of β-lactam (4-membered cyclic amide) rings is 1. The molecule has 4 rings (SSSR count). The minimum atomic E-state index is -1.14. The van der Waals surface area contributed by atoms with Crippen LogP contribution in [-0.4, -0.2) is 50.6 Å². The Kier molecular flexibility index (Phi) is 3.68. The SMILES string of the molecule is Cc1cc(N2CC/C(=C\C3=C(C(=O)O)N4C(=O)CC4SC3)C2=O)no1. The maximum atomic E-state index is 12.6. The van der Waals surface area contributed by atoms with Crippen molar-refractivity contribution in [3.05, 3.63) is 34.7 Å². The molecule has 4 heterocycles. The number of anilines is 1. The Bertz CT molecular complexity index is 856. The van der Waals surface area contributed by atoms with Crippen molar-refractivity contribution in [2.75, 3.05) is 17.2 Å². The second kappa shape index (κ2) is 5.76. The number of hydrogen-bond donors (Lipinski definition) is 1. The molecule has 0 aliphatic carbocycles. The fourth-order valence-electron chi connectivity index (χ4n) is 3.21. The van der Waals surface area contributed by atoms with Crippen LogP contribution in [0.5, 0.6) is 0 Å². The van der Waals surface area contributed by atoms with E-state index in [-0.39, 0.29) is 22.9 Å². The number of aryl methyl sites for hydroxylation is 1. The van der Waals surface area contributed by atoms with Gasteiger partial charge in [0.05, 0.1) is 11.8 Å². The largest absolute Gasteiger partial charge is 0.477 e. The molecule has 2 amide bonds. The number of rotatable bonds is 3. The van der Waals surface area contributed by atoms with Gasteiger partial charge in [0, 0.05) is 23.9 Å². The molecule has 130 valence electrons. The Labute approximate surface area is 147 Å². The Morgan fingerprint density at radius 3 is 2.92 bits per heavy atom. The molecule has 0 aromatic carbocycles. The lowest BCUT2D eigenvalue weighted by atomic mass is 10.0. The summed E-state index contributed by atoms with van der Waals surface area (Å²) in [6, 6.07) is 1.68. The van der Waals surface area contributed by atoms with Crippen LogP contribution in [0.1, 0.15) is 18.6 Å². The van der Waals surface area contributed by atoms with Crippen molar-refractivity contribution in [2.24, 2.45) is 0 Å². The first-order valence-electron chi connectivity index (χ1n) is 7.81. The average molecular weight is 361 g/mol. The summed E-state index contributed by atoms with van der Waals surface area (Å²) in [7, 11) is 0. The third-order valence-corrected chi connectivity index (χ3v) is 5.69. The molecular weight excluding hydrogens is 346 g/mol. The molecule has 1 aromatic rings. The second-order valence-corrected chi connectivity index (χ2v) is 7.25. The van der Waals surface area contributed by atoms with Gasteiger partial charge in [0.1, 0.15) is 11.5 Å². The number of carbonyl (C=O) groups is 3. The monoisotopic (exact) mass is 361 g/mol. The van der Waals surface area contributed by atoms with Crippen molar-refractivity contribution in [1.82, 2.24) is 10.1 Å². The predicted octanol–water partition coefficient (Wildman–Crippen LogP) is 1.29. The third-order valence-electron chi connectivity index (χ3n) is 4.45. The van der Waals surface area contributed by atoms with Gasteiger partial charge in [0.15, 0.2) is 5.82 Å². The van der Waals surface area contributed by atoms with Gasteiger partial charge in [-0.2, -0.15) is 0 Å². The molecule has 3 aliphatic heterocycles. The summed E-state index contributed by atoms with van der Waals surface area (Å²) in [5, 5.41) is 13.3. The smallest absolute Gasteiger partial charge is 0.352 e. The van der Waals surface area contributed by atoms with Crippen LogP contribution in [0.2, 0.25) is 0 Å². The number of aromatic nitrogens is 1. The van der Waals surface area contributed by atoms with Crippen LogP contribution in [0, 0.1) is 6.92 Å². The van der Waals surface area contributed by atoms with Crippen LogP contribution in [0.15, 0.2) is 33.5 Å². The maximum absolute atomic E-state index is 12.6. The van der Waals surface area contributed by atoms with Gasteiger partial charge < -0.3 is 9.63 Å². The summed E-state index contributed by atoms with van der Waals surface area (Å²) >= 11 is 1.52. The highest BCUT2D eigenvalue weighted by molar-refractivity contribution is 8.00. The summed E-state index contributed by atoms with van der Waals surface area (Å²) in [5.41, 5.74) is 1.01. The average Bonchev–Trinajstić information content (AvgIpc) is 3.13. The number of aliphatic carboxylic acids is 1. The van der Waals surface area contributed by atoms with Crippen molar-refractivity contribution in [3.8, 4) is 0 Å². The van der Waals surface area contributed by atoms with Crippen LogP contribution in [-0.2, 0) is 14.4 Å². The lowest BCUT2D eigenvalue weighted by Crippen LogP contribution is -2.53. The highest BCUT2D eigenvalue weighted by Crippen LogP contribution is 2.41. The Balaban J connectivity index is 1.65. The highest BCUT2D eigenvalue weighted by Gasteiger charge is 2.45.